The molecule has 2 saturated heterocycles. The van der Waals surface area contributed by atoms with Crippen molar-refractivity contribution < 1.29 is 14.3 Å². The van der Waals surface area contributed by atoms with E-state index in [0.717, 1.165) is 19.1 Å². The third-order valence-electron chi connectivity index (χ3n) is 3.52. The average molecular weight is 272 g/mol. The van der Waals surface area contributed by atoms with Crippen molar-refractivity contribution in [3.8, 4) is 0 Å². The van der Waals surface area contributed by atoms with Crippen LogP contribution in [-0.2, 0) is 9.47 Å². The Hall–Kier alpha value is -0.593. The Morgan fingerprint density at radius 1 is 1.44 bits per heavy atom. The standard InChI is InChI=1S/C12H24N2O3Si/c1-18(2,3)7-6-17-12(15)14-5-4-13-10-8-16-9-11(10)14/h10-11,13H,4-9H2,1-3H3/t10-,11+/m1/s1. The highest BCUT2D eigenvalue weighted by atomic mass is 28.3. The van der Waals surface area contributed by atoms with Gasteiger partial charge in [0.2, 0.25) is 0 Å². The lowest BCUT2D eigenvalue weighted by Crippen LogP contribution is -2.59. The number of ether oxygens (including phenoxy) is 2. The number of carbonyl (C=O) groups is 1. The summed E-state index contributed by atoms with van der Waals surface area (Å²) in [6.45, 7) is 10.3. The third-order valence-corrected chi connectivity index (χ3v) is 5.23. The van der Waals surface area contributed by atoms with E-state index in [1.54, 1.807) is 0 Å². The van der Waals surface area contributed by atoms with E-state index >= 15 is 0 Å². The fourth-order valence-electron chi connectivity index (χ4n) is 2.34. The van der Waals surface area contributed by atoms with Crippen molar-refractivity contribution in [1.29, 1.82) is 0 Å². The van der Waals surface area contributed by atoms with Gasteiger partial charge in [-0.1, -0.05) is 19.6 Å². The van der Waals surface area contributed by atoms with Gasteiger partial charge in [-0.2, -0.15) is 0 Å². The molecule has 1 N–H and O–H groups in total. The van der Waals surface area contributed by atoms with Crippen molar-refractivity contribution in [3.63, 3.8) is 0 Å². The van der Waals surface area contributed by atoms with Gasteiger partial charge in [0.15, 0.2) is 0 Å². The number of carbonyl (C=O) groups excluding carboxylic acids is 1. The van der Waals surface area contributed by atoms with Crippen molar-refractivity contribution in [2.75, 3.05) is 32.9 Å². The van der Waals surface area contributed by atoms with Gasteiger partial charge in [0, 0.05) is 21.2 Å². The Bertz CT molecular complexity index is 306. The zero-order chi connectivity index (χ0) is 13.2. The molecule has 0 aromatic heterocycles. The molecule has 0 saturated carbocycles. The number of nitrogens with one attached hydrogen (secondary N) is 1. The Labute approximate surface area is 110 Å². The van der Waals surface area contributed by atoms with Crippen LogP contribution in [0.15, 0.2) is 0 Å². The van der Waals surface area contributed by atoms with Gasteiger partial charge < -0.3 is 14.8 Å². The molecule has 0 unspecified atom stereocenters. The van der Waals surface area contributed by atoms with E-state index < -0.39 is 8.07 Å². The largest absolute Gasteiger partial charge is 0.450 e. The van der Waals surface area contributed by atoms with Crippen LogP contribution < -0.4 is 5.32 Å². The normalized spacial score (nSPS) is 28.1. The first-order valence-corrected chi connectivity index (χ1v) is 10.4. The summed E-state index contributed by atoms with van der Waals surface area (Å²) in [7, 11) is -1.13. The lowest BCUT2D eigenvalue weighted by atomic mass is 10.1. The molecule has 0 aliphatic carbocycles. The minimum absolute atomic E-state index is 0.151. The number of rotatable bonds is 3. The highest BCUT2D eigenvalue weighted by molar-refractivity contribution is 6.76. The summed E-state index contributed by atoms with van der Waals surface area (Å²) in [6.07, 6.45) is -0.171. The Balaban J connectivity index is 1.81. The number of piperazine rings is 1. The topological polar surface area (TPSA) is 50.8 Å². The quantitative estimate of drug-likeness (QED) is 0.783. The average Bonchev–Trinajstić information content (AvgIpc) is 2.74. The number of hydrogen-bond donors (Lipinski definition) is 1. The van der Waals surface area contributed by atoms with Crippen LogP contribution in [0.2, 0.25) is 25.7 Å². The molecule has 2 rings (SSSR count). The first-order chi connectivity index (χ1) is 8.47. The summed E-state index contributed by atoms with van der Waals surface area (Å²) in [5.41, 5.74) is 0. The Kier molecular flexibility index (Phi) is 4.29. The second-order valence-corrected chi connectivity index (χ2v) is 11.9. The maximum absolute atomic E-state index is 12.1. The molecule has 0 bridgehead atoms. The highest BCUT2D eigenvalue weighted by Crippen LogP contribution is 2.18. The molecule has 0 radical (unpaired) electrons. The zero-order valence-electron chi connectivity index (χ0n) is 11.6. The molecule has 2 heterocycles. The maximum atomic E-state index is 12.1. The second-order valence-electron chi connectivity index (χ2n) is 6.28. The molecule has 1 amide bonds. The Morgan fingerprint density at radius 2 is 2.22 bits per heavy atom. The van der Waals surface area contributed by atoms with Gasteiger partial charge in [-0.15, -0.1) is 0 Å². The van der Waals surface area contributed by atoms with Gasteiger partial charge >= 0.3 is 6.09 Å². The van der Waals surface area contributed by atoms with Gasteiger partial charge in [0.25, 0.3) is 0 Å². The number of fused-ring (bicyclic) bond motifs is 1. The smallest absolute Gasteiger partial charge is 0.410 e. The first kappa shape index (κ1) is 13.8. The van der Waals surface area contributed by atoms with Crippen molar-refractivity contribution in [2.24, 2.45) is 0 Å². The SMILES string of the molecule is C[Si](C)(C)CCOC(=O)N1CCN[C@@H]2COC[C@@H]21. The molecule has 104 valence electrons. The predicted molar refractivity (Wildman–Crippen MR) is 72.6 cm³/mol. The molecule has 2 fully saturated rings. The fourth-order valence-corrected chi connectivity index (χ4v) is 3.05. The lowest BCUT2D eigenvalue weighted by molar-refractivity contribution is 0.0729. The van der Waals surface area contributed by atoms with Crippen LogP contribution in [0, 0.1) is 0 Å². The molecular formula is C12H24N2O3Si. The molecule has 2 atom stereocenters. The van der Waals surface area contributed by atoms with E-state index in [9.17, 15) is 4.79 Å². The van der Waals surface area contributed by atoms with E-state index in [1.165, 1.54) is 0 Å². The summed E-state index contributed by atoms with van der Waals surface area (Å²) >= 11 is 0. The monoisotopic (exact) mass is 272 g/mol. The summed E-state index contributed by atoms with van der Waals surface area (Å²) in [4.78, 5) is 13.9. The van der Waals surface area contributed by atoms with Gasteiger partial charge in [-0.3, -0.25) is 4.90 Å². The van der Waals surface area contributed by atoms with E-state index in [-0.39, 0.29) is 18.2 Å². The van der Waals surface area contributed by atoms with Crippen LogP contribution in [0.5, 0.6) is 0 Å². The maximum Gasteiger partial charge on any atom is 0.410 e. The van der Waals surface area contributed by atoms with E-state index in [0.29, 0.717) is 19.8 Å². The van der Waals surface area contributed by atoms with E-state index in [4.69, 9.17) is 9.47 Å². The fraction of sp³-hybridized carbons (Fsp3) is 0.917. The van der Waals surface area contributed by atoms with Gasteiger partial charge in [0.1, 0.15) is 0 Å². The molecule has 5 nitrogen and oxygen atoms in total. The Morgan fingerprint density at radius 3 is 2.94 bits per heavy atom. The minimum atomic E-state index is -1.13. The highest BCUT2D eigenvalue weighted by Gasteiger charge is 2.39. The number of hydrogen-bond acceptors (Lipinski definition) is 4. The van der Waals surface area contributed by atoms with Crippen LogP contribution in [-0.4, -0.2) is 64.1 Å². The van der Waals surface area contributed by atoms with E-state index in [2.05, 4.69) is 25.0 Å². The molecule has 2 aliphatic heterocycles. The van der Waals surface area contributed by atoms with Crippen molar-refractivity contribution in [1.82, 2.24) is 10.2 Å². The van der Waals surface area contributed by atoms with Crippen LogP contribution in [0.25, 0.3) is 0 Å². The first-order valence-electron chi connectivity index (χ1n) is 6.72. The molecular weight excluding hydrogens is 248 g/mol. The van der Waals surface area contributed by atoms with Crippen molar-refractivity contribution in [2.45, 2.75) is 37.8 Å². The van der Waals surface area contributed by atoms with Crippen LogP contribution in [0.4, 0.5) is 4.79 Å². The van der Waals surface area contributed by atoms with Gasteiger partial charge in [0.05, 0.1) is 31.9 Å². The summed E-state index contributed by atoms with van der Waals surface area (Å²) < 4.78 is 10.8. The minimum Gasteiger partial charge on any atom is -0.450 e. The zero-order valence-corrected chi connectivity index (χ0v) is 12.6. The number of nitrogens with zero attached hydrogens (tertiary/aromatic N) is 1. The summed E-state index contributed by atoms with van der Waals surface area (Å²) in [6, 6.07) is 1.46. The molecule has 2 aliphatic rings. The van der Waals surface area contributed by atoms with Crippen molar-refractivity contribution >= 4 is 14.2 Å². The van der Waals surface area contributed by atoms with E-state index in [1.807, 2.05) is 4.90 Å². The third kappa shape index (κ3) is 3.46. The molecule has 18 heavy (non-hydrogen) atoms. The van der Waals surface area contributed by atoms with Gasteiger partial charge in [-0.25, -0.2) is 4.79 Å². The molecule has 6 heteroatoms. The molecule has 0 aromatic carbocycles. The van der Waals surface area contributed by atoms with Crippen LogP contribution >= 0.6 is 0 Å². The summed E-state index contributed by atoms with van der Waals surface area (Å²) in [5.74, 6) is 0. The van der Waals surface area contributed by atoms with Gasteiger partial charge in [-0.05, 0) is 6.04 Å². The lowest BCUT2D eigenvalue weighted by Gasteiger charge is -2.36. The van der Waals surface area contributed by atoms with Crippen molar-refractivity contribution in [3.05, 3.63) is 0 Å². The second kappa shape index (κ2) is 5.58. The van der Waals surface area contributed by atoms with Crippen LogP contribution in [0.1, 0.15) is 0 Å². The predicted octanol–water partition coefficient (Wildman–Crippen LogP) is 1.13. The molecule has 0 spiro atoms. The summed E-state index contributed by atoms with van der Waals surface area (Å²) in [5, 5.41) is 3.38. The van der Waals surface area contributed by atoms with Crippen LogP contribution in [0.3, 0.4) is 0 Å². The number of amides is 1. The molecule has 0 aromatic rings.